The molecule has 17 heavy (non-hydrogen) atoms. The van der Waals surface area contributed by atoms with Gasteiger partial charge in [0.25, 0.3) is 0 Å². The minimum absolute atomic E-state index is 0.412. The van der Waals surface area contributed by atoms with Gasteiger partial charge in [0, 0.05) is 6.20 Å². The first kappa shape index (κ1) is 11.4. The summed E-state index contributed by atoms with van der Waals surface area (Å²) in [5.41, 5.74) is 2.32. The van der Waals surface area contributed by atoms with E-state index in [1.165, 1.54) is 0 Å². The molecule has 0 aliphatic carbocycles. The predicted molar refractivity (Wildman–Crippen MR) is 70.1 cm³/mol. The molecule has 0 fully saturated rings. The van der Waals surface area contributed by atoms with Crippen LogP contribution in [0.4, 0.5) is 5.69 Å². The van der Waals surface area contributed by atoms with E-state index in [1.54, 1.807) is 18.3 Å². The fourth-order valence-electron chi connectivity index (χ4n) is 1.40. The maximum absolute atomic E-state index is 5.81. The molecule has 0 aliphatic rings. The van der Waals surface area contributed by atoms with Crippen LogP contribution in [0.15, 0.2) is 41.5 Å². The lowest BCUT2D eigenvalue weighted by Gasteiger charge is -2.08. The highest BCUT2D eigenvalue weighted by molar-refractivity contribution is 6.34. The van der Waals surface area contributed by atoms with Crippen molar-refractivity contribution in [3.05, 3.63) is 42.1 Å². The summed E-state index contributed by atoms with van der Waals surface area (Å²) in [6.45, 7) is 5.37. The molecule has 0 atom stereocenters. The molecule has 2 aromatic rings. The van der Waals surface area contributed by atoms with E-state index in [-0.39, 0.29) is 0 Å². The van der Waals surface area contributed by atoms with Crippen molar-refractivity contribution in [3.8, 4) is 11.6 Å². The van der Waals surface area contributed by atoms with Crippen molar-refractivity contribution >= 4 is 25.7 Å². The molecule has 2 radical (unpaired) electrons. The fourth-order valence-corrected chi connectivity index (χ4v) is 1.40. The van der Waals surface area contributed by atoms with Gasteiger partial charge in [0.1, 0.15) is 13.6 Å². The molecule has 0 bridgehead atoms. The Balaban J connectivity index is 2.22. The second kappa shape index (κ2) is 4.83. The standard InChI is InChI=1S/C13H11BN2O/c1-9-7-12(14)13(16-8-9)17-11-5-3-10(15-2)4-6-11/h3-8H,2H2,1H3. The summed E-state index contributed by atoms with van der Waals surface area (Å²) in [7, 11) is 5.81. The number of hydrogen-bond donors (Lipinski definition) is 0. The van der Waals surface area contributed by atoms with Crippen LogP contribution in [0.1, 0.15) is 5.56 Å². The van der Waals surface area contributed by atoms with Crippen molar-refractivity contribution in [1.29, 1.82) is 0 Å². The number of aromatic nitrogens is 1. The fraction of sp³-hybridized carbons (Fsp3) is 0.0769. The van der Waals surface area contributed by atoms with E-state index in [2.05, 4.69) is 16.7 Å². The number of benzene rings is 1. The zero-order valence-corrected chi connectivity index (χ0v) is 9.55. The average Bonchev–Trinajstić information content (AvgIpc) is 2.34. The normalized spacial score (nSPS) is 9.94. The van der Waals surface area contributed by atoms with Crippen molar-refractivity contribution in [2.24, 2.45) is 4.99 Å². The van der Waals surface area contributed by atoms with Gasteiger partial charge >= 0.3 is 0 Å². The van der Waals surface area contributed by atoms with Gasteiger partial charge in [0.05, 0.1) is 5.69 Å². The van der Waals surface area contributed by atoms with Crippen molar-refractivity contribution in [3.63, 3.8) is 0 Å². The number of pyridine rings is 1. The Morgan fingerprint density at radius 2 is 2.00 bits per heavy atom. The van der Waals surface area contributed by atoms with Gasteiger partial charge < -0.3 is 4.74 Å². The van der Waals surface area contributed by atoms with Crippen LogP contribution < -0.4 is 10.2 Å². The molecule has 2 rings (SSSR count). The first-order chi connectivity index (χ1) is 8.19. The van der Waals surface area contributed by atoms with Gasteiger partial charge in [0.2, 0.25) is 5.88 Å². The molecule has 0 saturated heterocycles. The number of nitrogens with zero attached hydrogens (tertiary/aromatic N) is 2. The minimum atomic E-state index is 0.412. The Morgan fingerprint density at radius 3 is 2.59 bits per heavy atom. The van der Waals surface area contributed by atoms with Crippen molar-refractivity contribution in [2.75, 3.05) is 0 Å². The Labute approximate surface area is 102 Å². The summed E-state index contributed by atoms with van der Waals surface area (Å²) in [6.07, 6.45) is 1.71. The van der Waals surface area contributed by atoms with Crippen LogP contribution in [0.25, 0.3) is 0 Å². The molecule has 0 amide bonds. The van der Waals surface area contributed by atoms with Gasteiger partial charge in [-0.05, 0) is 48.9 Å². The van der Waals surface area contributed by atoms with Gasteiger partial charge in [-0.25, -0.2) is 4.98 Å². The zero-order chi connectivity index (χ0) is 12.3. The van der Waals surface area contributed by atoms with Crippen LogP contribution in [0.5, 0.6) is 11.6 Å². The molecule has 1 aromatic carbocycles. The quantitative estimate of drug-likeness (QED) is 0.589. The van der Waals surface area contributed by atoms with Crippen LogP contribution in [0.2, 0.25) is 0 Å². The molecule has 3 nitrogen and oxygen atoms in total. The smallest absolute Gasteiger partial charge is 0.212 e. The van der Waals surface area contributed by atoms with E-state index in [1.807, 2.05) is 25.1 Å². The largest absolute Gasteiger partial charge is 0.440 e. The first-order valence-corrected chi connectivity index (χ1v) is 5.16. The topological polar surface area (TPSA) is 34.5 Å². The van der Waals surface area contributed by atoms with Crippen molar-refractivity contribution < 1.29 is 4.74 Å². The molecule has 0 saturated carbocycles. The maximum atomic E-state index is 5.81. The van der Waals surface area contributed by atoms with E-state index >= 15 is 0 Å². The van der Waals surface area contributed by atoms with Gasteiger partial charge in [-0.1, -0.05) is 6.07 Å². The van der Waals surface area contributed by atoms with Crippen molar-refractivity contribution in [1.82, 2.24) is 4.98 Å². The molecule has 1 heterocycles. The van der Waals surface area contributed by atoms with E-state index < -0.39 is 0 Å². The first-order valence-electron chi connectivity index (χ1n) is 5.16. The summed E-state index contributed by atoms with van der Waals surface area (Å²) >= 11 is 0. The molecule has 0 spiro atoms. The molecule has 1 aromatic heterocycles. The summed E-state index contributed by atoms with van der Waals surface area (Å²) < 4.78 is 5.57. The van der Waals surface area contributed by atoms with E-state index in [9.17, 15) is 0 Å². The molecule has 0 N–H and O–H groups in total. The highest BCUT2D eigenvalue weighted by Gasteiger charge is 2.02. The number of rotatable bonds is 3. The van der Waals surface area contributed by atoms with Crippen LogP contribution in [-0.2, 0) is 0 Å². The third-order valence-electron chi connectivity index (χ3n) is 2.25. The lowest BCUT2D eigenvalue weighted by Crippen LogP contribution is -2.09. The SMILES string of the molecule is [B]c1cc(C)cnc1Oc1ccc(N=C)cc1. The van der Waals surface area contributed by atoms with E-state index in [0.717, 1.165) is 11.3 Å². The molecular formula is C13H11BN2O. The molecular weight excluding hydrogens is 211 g/mol. The number of aryl methyl sites for hydroxylation is 1. The van der Waals surface area contributed by atoms with Crippen molar-refractivity contribution in [2.45, 2.75) is 6.92 Å². The van der Waals surface area contributed by atoms with E-state index in [0.29, 0.717) is 17.1 Å². The van der Waals surface area contributed by atoms with Crippen LogP contribution in [0, 0.1) is 6.92 Å². The van der Waals surface area contributed by atoms with Crippen LogP contribution in [0.3, 0.4) is 0 Å². The Morgan fingerprint density at radius 1 is 1.29 bits per heavy atom. The van der Waals surface area contributed by atoms with Gasteiger partial charge in [-0.15, -0.1) is 0 Å². The van der Waals surface area contributed by atoms with E-state index in [4.69, 9.17) is 12.6 Å². The number of hydrogen-bond acceptors (Lipinski definition) is 3. The summed E-state index contributed by atoms with van der Waals surface area (Å²) in [6, 6.07) is 9.04. The Hall–Kier alpha value is -2.10. The molecule has 0 aliphatic heterocycles. The van der Waals surface area contributed by atoms with Crippen LogP contribution in [-0.4, -0.2) is 19.5 Å². The summed E-state index contributed by atoms with van der Waals surface area (Å²) in [5.74, 6) is 1.08. The lowest BCUT2D eigenvalue weighted by atomic mass is 9.96. The monoisotopic (exact) mass is 222 g/mol. The lowest BCUT2D eigenvalue weighted by molar-refractivity contribution is 0.467. The predicted octanol–water partition coefficient (Wildman–Crippen LogP) is 2.31. The van der Waals surface area contributed by atoms with Gasteiger partial charge in [-0.2, -0.15) is 0 Å². The van der Waals surface area contributed by atoms with Gasteiger partial charge in [-0.3, -0.25) is 4.99 Å². The molecule has 0 unspecified atom stereocenters. The number of ether oxygens (including phenoxy) is 1. The molecule has 82 valence electrons. The summed E-state index contributed by atoms with van der Waals surface area (Å²) in [5, 5.41) is 0. The zero-order valence-electron chi connectivity index (χ0n) is 9.55. The Bertz CT molecular complexity index is 538. The third-order valence-corrected chi connectivity index (χ3v) is 2.25. The second-order valence-electron chi connectivity index (χ2n) is 3.66. The Kier molecular flexibility index (Phi) is 3.23. The van der Waals surface area contributed by atoms with Crippen LogP contribution >= 0.6 is 0 Å². The minimum Gasteiger partial charge on any atom is -0.440 e. The third kappa shape index (κ3) is 2.72. The average molecular weight is 222 g/mol. The number of aliphatic imine (C=N–C) groups is 1. The maximum Gasteiger partial charge on any atom is 0.212 e. The molecule has 4 heteroatoms. The van der Waals surface area contributed by atoms with Gasteiger partial charge in [0.15, 0.2) is 0 Å². The second-order valence-corrected chi connectivity index (χ2v) is 3.66. The highest BCUT2D eigenvalue weighted by Crippen LogP contribution is 2.21. The highest BCUT2D eigenvalue weighted by atomic mass is 16.5. The summed E-state index contributed by atoms with van der Waals surface area (Å²) in [4.78, 5) is 7.93.